The molecule has 0 heteroatoms. The molecule has 0 amide bonds. The van der Waals surface area contributed by atoms with Crippen LogP contribution in [0.4, 0.5) is 0 Å². The average Bonchev–Trinajstić information content (AvgIpc) is 2.52. The quantitative estimate of drug-likeness (QED) is 0.428. The van der Waals surface area contributed by atoms with Gasteiger partial charge in [0.15, 0.2) is 0 Å². The lowest BCUT2D eigenvalue weighted by molar-refractivity contribution is 0.614. The highest BCUT2D eigenvalue weighted by molar-refractivity contribution is 5.19. The number of hydrogen-bond acceptors (Lipinski definition) is 0. The number of hydrogen-bond donors (Lipinski definition) is 0. The normalized spacial score (nSPS) is 8.83. The largest absolute Gasteiger partial charge is 0.120 e. The van der Waals surface area contributed by atoms with Crippen molar-refractivity contribution in [3.05, 3.63) is 60.7 Å². The first-order valence-corrected chi connectivity index (χ1v) is 8.01. The summed E-state index contributed by atoms with van der Waals surface area (Å²) in [4.78, 5) is 0. The molecule has 126 valence electrons. The second-order valence-corrected chi connectivity index (χ2v) is 5.16. The molecule has 0 fully saturated rings. The van der Waals surface area contributed by atoms with E-state index in [9.17, 15) is 0 Å². The van der Waals surface area contributed by atoms with E-state index in [0.29, 0.717) is 5.92 Å². The summed E-state index contributed by atoms with van der Waals surface area (Å²) in [5, 5.41) is 0. The molecule has 1 unspecified atom stereocenters. The van der Waals surface area contributed by atoms with E-state index in [1.807, 2.05) is 19.9 Å². The zero-order valence-corrected chi connectivity index (χ0v) is 15.7. The monoisotopic (exact) mass is 310 g/mol. The van der Waals surface area contributed by atoms with Crippen LogP contribution in [0.1, 0.15) is 51.2 Å². The molecule has 0 N–H and O–H groups in total. The molecule has 0 saturated heterocycles. The minimum atomic E-state index is 0.609. The standard InChI is InChI=1S/C8H10.C8H12.C4H6.C3H6/c1-7-3-5-8(2)6-4-7;1-4-6-8(3)7-5-2;1-3-4-2;1-3-2/h3-6H,1-2H3;1,5,8H,2,6-7H2,3H3;1H,4H2,2H3;3H,1H2,2H3. The maximum atomic E-state index is 5.08. The van der Waals surface area contributed by atoms with Gasteiger partial charge in [-0.25, -0.2) is 0 Å². The van der Waals surface area contributed by atoms with Crippen molar-refractivity contribution in [2.75, 3.05) is 0 Å². The van der Waals surface area contributed by atoms with Crippen LogP contribution in [-0.2, 0) is 0 Å². The van der Waals surface area contributed by atoms with Gasteiger partial charge in [0.05, 0.1) is 0 Å². The van der Waals surface area contributed by atoms with E-state index in [-0.39, 0.29) is 0 Å². The predicted molar refractivity (Wildman–Crippen MR) is 108 cm³/mol. The van der Waals surface area contributed by atoms with Crippen molar-refractivity contribution in [1.82, 2.24) is 0 Å². The molecule has 0 saturated carbocycles. The Hall–Kier alpha value is -2.18. The summed E-state index contributed by atoms with van der Waals surface area (Å²) < 4.78 is 0. The second kappa shape index (κ2) is 22.1. The smallest absolute Gasteiger partial charge is 0.0115 e. The first-order chi connectivity index (χ1) is 10.9. The van der Waals surface area contributed by atoms with Crippen LogP contribution in [0.15, 0.2) is 49.6 Å². The molecule has 0 spiro atoms. The SMILES string of the molecule is C#CCC.C#CCC(C)CC=C.C=CC.Cc1ccc(C)cc1. The Kier molecular flexibility index (Phi) is 24.8. The second-order valence-electron chi connectivity index (χ2n) is 5.16. The molecule has 1 aromatic carbocycles. The highest BCUT2D eigenvalue weighted by atomic mass is 14.0. The summed E-state index contributed by atoms with van der Waals surface area (Å²) in [6.45, 7) is 17.1. The van der Waals surface area contributed by atoms with Crippen LogP contribution in [0.25, 0.3) is 0 Å². The molecular formula is C23H34. The zero-order chi connectivity index (χ0) is 18.5. The van der Waals surface area contributed by atoms with Crippen LogP contribution in [0, 0.1) is 44.5 Å². The molecule has 1 atom stereocenters. The van der Waals surface area contributed by atoms with E-state index in [1.54, 1.807) is 6.08 Å². The van der Waals surface area contributed by atoms with Gasteiger partial charge in [-0.15, -0.1) is 37.8 Å². The average molecular weight is 311 g/mol. The van der Waals surface area contributed by atoms with E-state index in [0.717, 1.165) is 19.3 Å². The van der Waals surface area contributed by atoms with Crippen molar-refractivity contribution < 1.29 is 0 Å². The van der Waals surface area contributed by atoms with Gasteiger partial charge in [0.2, 0.25) is 0 Å². The third-order valence-electron chi connectivity index (χ3n) is 2.46. The van der Waals surface area contributed by atoms with Crippen LogP contribution in [0.3, 0.4) is 0 Å². The highest BCUT2D eigenvalue weighted by Gasteiger charge is 1.93. The molecule has 0 aliphatic heterocycles. The summed E-state index contributed by atoms with van der Waals surface area (Å²) >= 11 is 0. The first kappa shape index (κ1) is 25.8. The Morgan fingerprint density at radius 2 is 1.39 bits per heavy atom. The Morgan fingerprint density at radius 1 is 1.04 bits per heavy atom. The van der Waals surface area contributed by atoms with Crippen LogP contribution >= 0.6 is 0 Å². The number of terminal acetylenes is 2. The minimum Gasteiger partial charge on any atom is -0.120 e. The third-order valence-corrected chi connectivity index (χ3v) is 2.46. The van der Waals surface area contributed by atoms with E-state index < -0.39 is 0 Å². The molecular weight excluding hydrogens is 276 g/mol. The van der Waals surface area contributed by atoms with E-state index in [4.69, 9.17) is 12.8 Å². The van der Waals surface area contributed by atoms with Crippen molar-refractivity contribution >= 4 is 0 Å². The van der Waals surface area contributed by atoms with Gasteiger partial charge in [0.1, 0.15) is 0 Å². The van der Waals surface area contributed by atoms with E-state index >= 15 is 0 Å². The van der Waals surface area contributed by atoms with Crippen molar-refractivity contribution in [3.8, 4) is 24.7 Å². The third kappa shape index (κ3) is 28.7. The van der Waals surface area contributed by atoms with Crippen LogP contribution in [0.5, 0.6) is 0 Å². The van der Waals surface area contributed by atoms with Gasteiger partial charge in [0, 0.05) is 12.8 Å². The lowest BCUT2D eigenvalue weighted by atomic mass is 10.1. The molecule has 0 aromatic heterocycles. The van der Waals surface area contributed by atoms with Crippen LogP contribution < -0.4 is 0 Å². The maximum absolute atomic E-state index is 5.08. The maximum Gasteiger partial charge on any atom is 0.0115 e. The van der Waals surface area contributed by atoms with Gasteiger partial charge in [0.25, 0.3) is 0 Å². The topological polar surface area (TPSA) is 0 Å². The lowest BCUT2D eigenvalue weighted by Crippen LogP contribution is -1.88. The Morgan fingerprint density at radius 3 is 1.61 bits per heavy atom. The van der Waals surface area contributed by atoms with E-state index in [1.165, 1.54) is 11.1 Å². The Balaban J connectivity index is -0.000000252. The molecule has 0 heterocycles. The molecule has 0 nitrogen and oxygen atoms in total. The predicted octanol–water partition coefficient (Wildman–Crippen LogP) is 6.75. The number of benzene rings is 1. The van der Waals surface area contributed by atoms with Gasteiger partial charge in [-0.2, -0.15) is 0 Å². The summed E-state index contributed by atoms with van der Waals surface area (Å²) in [5.41, 5.74) is 2.66. The molecule has 0 bridgehead atoms. The fourth-order valence-electron chi connectivity index (χ4n) is 1.21. The minimum absolute atomic E-state index is 0.609. The summed E-state index contributed by atoms with van der Waals surface area (Å²) in [6.07, 6.45) is 16.3. The van der Waals surface area contributed by atoms with E-state index in [2.05, 4.69) is 70.0 Å². The van der Waals surface area contributed by atoms with Crippen molar-refractivity contribution in [3.63, 3.8) is 0 Å². The first-order valence-electron chi connectivity index (χ1n) is 8.01. The summed E-state index contributed by atoms with van der Waals surface area (Å²) in [6, 6.07) is 8.48. The molecule has 0 radical (unpaired) electrons. The van der Waals surface area contributed by atoms with Crippen molar-refractivity contribution in [2.45, 2.75) is 53.9 Å². The molecule has 1 rings (SSSR count). The summed E-state index contributed by atoms with van der Waals surface area (Å²) in [7, 11) is 0. The Bertz CT molecular complexity index is 427. The fraction of sp³-hybridized carbons (Fsp3) is 0.391. The Labute approximate surface area is 145 Å². The number of aryl methyl sites for hydroxylation is 2. The molecule has 1 aromatic rings. The number of allylic oxidation sites excluding steroid dienone is 2. The fourth-order valence-corrected chi connectivity index (χ4v) is 1.21. The molecule has 23 heavy (non-hydrogen) atoms. The van der Waals surface area contributed by atoms with Gasteiger partial charge in [-0.1, -0.05) is 61.4 Å². The summed E-state index contributed by atoms with van der Waals surface area (Å²) in [5.74, 6) is 5.64. The van der Waals surface area contributed by atoms with Crippen molar-refractivity contribution in [2.24, 2.45) is 5.92 Å². The highest BCUT2D eigenvalue weighted by Crippen LogP contribution is 2.05. The lowest BCUT2D eigenvalue weighted by Gasteiger charge is -1.99. The zero-order valence-electron chi connectivity index (χ0n) is 15.7. The molecule has 0 aliphatic rings. The van der Waals surface area contributed by atoms with Gasteiger partial charge < -0.3 is 0 Å². The van der Waals surface area contributed by atoms with Crippen LogP contribution in [-0.4, -0.2) is 0 Å². The number of rotatable bonds is 3. The van der Waals surface area contributed by atoms with Gasteiger partial charge >= 0.3 is 0 Å². The molecule has 0 aliphatic carbocycles. The van der Waals surface area contributed by atoms with Gasteiger partial charge in [-0.3, -0.25) is 0 Å². The van der Waals surface area contributed by atoms with Crippen molar-refractivity contribution in [1.29, 1.82) is 0 Å². The van der Waals surface area contributed by atoms with Crippen LogP contribution in [0.2, 0.25) is 0 Å². The van der Waals surface area contributed by atoms with Gasteiger partial charge in [-0.05, 0) is 33.1 Å².